The van der Waals surface area contributed by atoms with Crippen LogP contribution in [-0.2, 0) is 0 Å². The predicted octanol–water partition coefficient (Wildman–Crippen LogP) is 2.46. The second kappa shape index (κ2) is 6.88. The Bertz CT molecular complexity index is 716. The van der Waals surface area contributed by atoms with Gasteiger partial charge in [-0.2, -0.15) is 0 Å². The van der Waals surface area contributed by atoms with Gasteiger partial charge in [0.25, 0.3) is 5.91 Å². The number of carbonyl (C=O) groups excluding carboxylic acids is 1. The zero-order valence-corrected chi connectivity index (χ0v) is 12.1. The van der Waals surface area contributed by atoms with Crippen LogP contribution in [0.15, 0.2) is 30.3 Å². The Morgan fingerprint density at radius 1 is 1.43 bits per heavy atom. The van der Waals surface area contributed by atoms with E-state index in [1.165, 1.54) is 36.6 Å². The number of amides is 1. The third kappa shape index (κ3) is 3.81. The van der Waals surface area contributed by atoms with Gasteiger partial charge in [0.15, 0.2) is 0 Å². The number of hydrogen-bond acceptors (Lipinski definition) is 4. The zero-order chi connectivity index (χ0) is 15.2. The highest BCUT2D eigenvalue weighted by Crippen LogP contribution is 2.26. The number of hydrogen-bond donors (Lipinski definition) is 2. The Hall–Kier alpha value is -2.36. The van der Waals surface area contributed by atoms with Gasteiger partial charge in [0, 0.05) is 6.07 Å². The number of ether oxygens (including phenoxy) is 1. The number of rotatable bonds is 3. The summed E-state index contributed by atoms with van der Waals surface area (Å²) < 4.78 is 18.1. The molecule has 0 spiro atoms. The van der Waals surface area contributed by atoms with Crippen molar-refractivity contribution in [3.63, 3.8) is 0 Å². The molecule has 4 nitrogen and oxygen atoms in total. The standard InChI is InChI=1S/C15H13FN2O2S/c1-20-13-9-10(16)4-6-12(13)18-15(19)14-7-5-11(21-14)3-2-8-17/h4-7,9H,8,17H2,1H3,(H,18,19). The van der Waals surface area contributed by atoms with Crippen LogP contribution in [0.1, 0.15) is 14.5 Å². The fraction of sp³-hybridized carbons (Fsp3) is 0.133. The molecule has 108 valence electrons. The summed E-state index contributed by atoms with van der Waals surface area (Å²) in [5.41, 5.74) is 5.71. The van der Waals surface area contributed by atoms with Gasteiger partial charge in [-0.15, -0.1) is 11.3 Å². The normalized spacial score (nSPS) is 9.67. The van der Waals surface area contributed by atoms with Crippen molar-refractivity contribution >= 4 is 22.9 Å². The van der Waals surface area contributed by atoms with Gasteiger partial charge in [-0.3, -0.25) is 4.79 Å². The van der Waals surface area contributed by atoms with Crippen LogP contribution < -0.4 is 15.8 Å². The molecule has 1 aromatic carbocycles. The van der Waals surface area contributed by atoms with Crippen molar-refractivity contribution in [2.75, 3.05) is 19.0 Å². The van der Waals surface area contributed by atoms with Crippen molar-refractivity contribution in [2.24, 2.45) is 5.73 Å². The van der Waals surface area contributed by atoms with E-state index in [0.29, 0.717) is 10.6 Å². The van der Waals surface area contributed by atoms with Gasteiger partial charge < -0.3 is 15.8 Å². The van der Waals surface area contributed by atoms with Crippen molar-refractivity contribution in [1.82, 2.24) is 0 Å². The molecule has 0 saturated carbocycles. The van der Waals surface area contributed by atoms with Crippen LogP contribution in [0.25, 0.3) is 0 Å². The van der Waals surface area contributed by atoms with Crippen molar-refractivity contribution in [2.45, 2.75) is 0 Å². The molecule has 0 aliphatic heterocycles. The average molecular weight is 304 g/mol. The van der Waals surface area contributed by atoms with Crippen LogP contribution in [-0.4, -0.2) is 19.6 Å². The number of methoxy groups -OCH3 is 1. The lowest BCUT2D eigenvalue weighted by molar-refractivity contribution is 0.103. The third-order valence-electron chi connectivity index (χ3n) is 2.56. The number of carbonyl (C=O) groups is 1. The molecule has 0 radical (unpaired) electrons. The highest BCUT2D eigenvalue weighted by Gasteiger charge is 2.12. The maximum Gasteiger partial charge on any atom is 0.265 e. The molecule has 0 unspecified atom stereocenters. The molecule has 1 heterocycles. The number of nitrogens with two attached hydrogens (primary N) is 1. The molecule has 0 aliphatic rings. The van der Waals surface area contributed by atoms with E-state index in [1.54, 1.807) is 12.1 Å². The molecule has 3 N–H and O–H groups in total. The smallest absolute Gasteiger partial charge is 0.265 e. The van der Waals surface area contributed by atoms with E-state index >= 15 is 0 Å². The van der Waals surface area contributed by atoms with Crippen molar-refractivity contribution in [1.29, 1.82) is 0 Å². The van der Waals surface area contributed by atoms with Crippen molar-refractivity contribution < 1.29 is 13.9 Å². The fourth-order valence-electron chi connectivity index (χ4n) is 1.62. The Kier molecular flexibility index (Phi) is 4.93. The number of anilines is 1. The molecule has 0 saturated heterocycles. The molecule has 0 fully saturated rings. The number of thiophene rings is 1. The summed E-state index contributed by atoms with van der Waals surface area (Å²) in [7, 11) is 1.41. The van der Waals surface area contributed by atoms with Crippen LogP contribution in [0.3, 0.4) is 0 Å². The SMILES string of the molecule is COc1cc(F)ccc1NC(=O)c1ccc(C#CCN)s1. The van der Waals surface area contributed by atoms with Gasteiger partial charge in [0.2, 0.25) is 0 Å². The summed E-state index contributed by atoms with van der Waals surface area (Å²) in [5, 5.41) is 2.68. The summed E-state index contributed by atoms with van der Waals surface area (Å²) >= 11 is 1.26. The van der Waals surface area contributed by atoms with Gasteiger partial charge in [0.1, 0.15) is 11.6 Å². The number of halogens is 1. The minimum absolute atomic E-state index is 0.267. The van der Waals surface area contributed by atoms with Gasteiger partial charge in [-0.25, -0.2) is 4.39 Å². The van der Waals surface area contributed by atoms with Crippen molar-refractivity contribution in [3.8, 4) is 17.6 Å². The molecule has 1 amide bonds. The highest BCUT2D eigenvalue weighted by molar-refractivity contribution is 7.14. The summed E-state index contributed by atoms with van der Waals surface area (Å²) in [5.74, 6) is 5.12. The van der Waals surface area contributed by atoms with Gasteiger partial charge >= 0.3 is 0 Å². The number of benzene rings is 1. The van der Waals surface area contributed by atoms with Crippen LogP contribution in [0.5, 0.6) is 5.75 Å². The first-order valence-electron chi connectivity index (χ1n) is 6.07. The predicted molar refractivity (Wildman–Crippen MR) is 81.2 cm³/mol. The molecule has 1 aromatic heterocycles. The summed E-state index contributed by atoms with van der Waals surface area (Å²) in [6.07, 6.45) is 0. The molecule has 2 aromatic rings. The minimum Gasteiger partial charge on any atom is -0.494 e. The van der Waals surface area contributed by atoms with Gasteiger partial charge in [-0.1, -0.05) is 11.8 Å². The first-order valence-corrected chi connectivity index (χ1v) is 6.89. The Balaban J connectivity index is 2.16. The second-order valence-electron chi connectivity index (χ2n) is 3.97. The van der Waals surface area contributed by atoms with E-state index in [2.05, 4.69) is 17.2 Å². The fourth-order valence-corrected chi connectivity index (χ4v) is 2.39. The molecule has 0 aliphatic carbocycles. The van der Waals surface area contributed by atoms with Crippen LogP contribution in [0, 0.1) is 17.7 Å². The van der Waals surface area contributed by atoms with E-state index in [0.717, 1.165) is 4.88 Å². The van der Waals surface area contributed by atoms with Crippen LogP contribution in [0.4, 0.5) is 10.1 Å². The lowest BCUT2D eigenvalue weighted by Gasteiger charge is -2.09. The zero-order valence-electron chi connectivity index (χ0n) is 11.3. The first kappa shape index (κ1) is 15.0. The maximum atomic E-state index is 13.1. The largest absolute Gasteiger partial charge is 0.494 e. The molecule has 6 heteroatoms. The molecular weight excluding hydrogens is 291 g/mol. The van der Waals surface area contributed by atoms with E-state index in [4.69, 9.17) is 10.5 Å². The van der Waals surface area contributed by atoms with E-state index in [9.17, 15) is 9.18 Å². The van der Waals surface area contributed by atoms with Gasteiger partial charge in [0.05, 0.1) is 29.1 Å². The topological polar surface area (TPSA) is 64.3 Å². The first-order chi connectivity index (χ1) is 10.1. The highest BCUT2D eigenvalue weighted by atomic mass is 32.1. The third-order valence-corrected chi connectivity index (χ3v) is 3.55. The van der Waals surface area contributed by atoms with Gasteiger partial charge in [-0.05, 0) is 24.3 Å². The lowest BCUT2D eigenvalue weighted by Crippen LogP contribution is -2.11. The Labute approximate surface area is 125 Å². The monoisotopic (exact) mass is 304 g/mol. The number of nitrogens with one attached hydrogen (secondary N) is 1. The van der Waals surface area contributed by atoms with Crippen molar-refractivity contribution in [3.05, 3.63) is 45.9 Å². The molecule has 2 rings (SSSR count). The Morgan fingerprint density at radius 3 is 2.95 bits per heavy atom. The van der Waals surface area contributed by atoms with Crippen LogP contribution in [0.2, 0.25) is 0 Å². The minimum atomic E-state index is -0.430. The van der Waals surface area contributed by atoms with E-state index < -0.39 is 5.82 Å². The molecule has 0 atom stereocenters. The Morgan fingerprint density at radius 2 is 2.24 bits per heavy atom. The summed E-state index contributed by atoms with van der Waals surface area (Å²) in [6.45, 7) is 0.270. The quantitative estimate of drug-likeness (QED) is 0.856. The van der Waals surface area contributed by atoms with E-state index in [-0.39, 0.29) is 18.2 Å². The molecule has 21 heavy (non-hydrogen) atoms. The molecule has 0 bridgehead atoms. The maximum absolute atomic E-state index is 13.1. The summed E-state index contributed by atoms with van der Waals surface area (Å²) in [4.78, 5) is 13.4. The summed E-state index contributed by atoms with van der Waals surface area (Å²) in [6, 6.07) is 7.35. The average Bonchev–Trinajstić information content (AvgIpc) is 2.95. The van der Waals surface area contributed by atoms with Crippen LogP contribution >= 0.6 is 11.3 Å². The lowest BCUT2D eigenvalue weighted by atomic mass is 10.2. The second-order valence-corrected chi connectivity index (χ2v) is 5.05. The van der Waals surface area contributed by atoms with E-state index in [1.807, 2.05) is 0 Å². The molecular formula is C15H13FN2O2S.